The minimum absolute atomic E-state index is 0.196. The van der Waals surface area contributed by atoms with Gasteiger partial charge in [0.15, 0.2) is 0 Å². The van der Waals surface area contributed by atoms with Crippen LogP contribution in [0.3, 0.4) is 0 Å². The lowest BCUT2D eigenvalue weighted by Crippen LogP contribution is -2.34. The highest BCUT2D eigenvalue weighted by Crippen LogP contribution is 2.14. The molecule has 0 unspecified atom stereocenters. The predicted molar refractivity (Wildman–Crippen MR) is 87.9 cm³/mol. The van der Waals surface area contributed by atoms with Crippen LogP contribution in [-0.4, -0.2) is 41.9 Å². The standard InChI is InChI=1S/C15H28N4O2S/c1-3-5-7-18-8-9-19-15(13-18)11-14(17-19)12-16-22(20,21)10-6-4-2/h11,16H,3-10,12-13H2,1-2H3. The van der Waals surface area contributed by atoms with E-state index in [4.69, 9.17) is 0 Å². The number of rotatable bonds is 9. The molecule has 126 valence electrons. The summed E-state index contributed by atoms with van der Waals surface area (Å²) < 4.78 is 28.3. The Morgan fingerprint density at radius 2 is 2.00 bits per heavy atom. The lowest BCUT2D eigenvalue weighted by atomic mass is 10.2. The molecule has 1 N–H and O–H groups in total. The van der Waals surface area contributed by atoms with Crippen LogP contribution >= 0.6 is 0 Å². The molecular weight excluding hydrogens is 300 g/mol. The number of aromatic nitrogens is 2. The van der Waals surface area contributed by atoms with Crippen LogP contribution in [0.25, 0.3) is 0 Å². The van der Waals surface area contributed by atoms with E-state index in [2.05, 4.69) is 21.6 Å². The second kappa shape index (κ2) is 8.08. The van der Waals surface area contributed by atoms with E-state index >= 15 is 0 Å². The van der Waals surface area contributed by atoms with E-state index in [0.29, 0.717) is 13.0 Å². The molecule has 0 saturated carbocycles. The van der Waals surface area contributed by atoms with Gasteiger partial charge in [0.1, 0.15) is 0 Å². The van der Waals surface area contributed by atoms with Crippen molar-refractivity contribution < 1.29 is 8.42 Å². The zero-order valence-electron chi connectivity index (χ0n) is 13.7. The third-order valence-electron chi connectivity index (χ3n) is 4.00. The molecule has 2 heterocycles. The first kappa shape index (κ1) is 17.4. The SMILES string of the molecule is CCCCN1CCn2nc(CNS(=O)(=O)CCCC)cc2C1. The molecule has 2 rings (SSSR count). The van der Waals surface area contributed by atoms with Gasteiger partial charge in [-0.05, 0) is 25.5 Å². The minimum Gasteiger partial charge on any atom is -0.296 e. The molecule has 0 spiro atoms. The van der Waals surface area contributed by atoms with E-state index in [9.17, 15) is 8.42 Å². The van der Waals surface area contributed by atoms with Crippen molar-refractivity contribution in [1.29, 1.82) is 0 Å². The topological polar surface area (TPSA) is 67.2 Å². The predicted octanol–water partition coefficient (Wildman–Crippen LogP) is 1.72. The fraction of sp³-hybridized carbons (Fsp3) is 0.800. The summed E-state index contributed by atoms with van der Waals surface area (Å²) in [5.41, 5.74) is 2.00. The van der Waals surface area contributed by atoms with Gasteiger partial charge in [0.2, 0.25) is 10.0 Å². The van der Waals surface area contributed by atoms with E-state index in [1.165, 1.54) is 18.5 Å². The van der Waals surface area contributed by atoms with Gasteiger partial charge in [-0.2, -0.15) is 5.10 Å². The van der Waals surface area contributed by atoms with Crippen LogP contribution in [0.4, 0.5) is 0 Å². The minimum atomic E-state index is -3.18. The molecular formula is C15H28N4O2S. The van der Waals surface area contributed by atoms with Gasteiger partial charge in [-0.1, -0.05) is 26.7 Å². The van der Waals surface area contributed by atoms with Crippen molar-refractivity contribution in [1.82, 2.24) is 19.4 Å². The molecule has 0 radical (unpaired) electrons. The largest absolute Gasteiger partial charge is 0.296 e. The Morgan fingerprint density at radius 3 is 2.73 bits per heavy atom. The smallest absolute Gasteiger partial charge is 0.211 e. The van der Waals surface area contributed by atoms with Gasteiger partial charge in [0.05, 0.1) is 30.2 Å². The maximum atomic E-state index is 11.8. The van der Waals surface area contributed by atoms with Crippen molar-refractivity contribution in [2.24, 2.45) is 0 Å². The van der Waals surface area contributed by atoms with Crippen molar-refractivity contribution in [3.63, 3.8) is 0 Å². The van der Waals surface area contributed by atoms with E-state index in [-0.39, 0.29) is 5.75 Å². The van der Waals surface area contributed by atoms with Crippen molar-refractivity contribution in [2.75, 3.05) is 18.8 Å². The number of hydrogen-bond acceptors (Lipinski definition) is 4. The first-order chi connectivity index (χ1) is 10.5. The molecule has 1 aliphatic rings. The van der Waals surface area contributed by atoms with Gasteiger partial charge in [-0.3, -0.25) is 9.58 Å². The molecule has 0 atom stereocenters. The van der Waals surface area contributed by atoms with Crippen LogP contribution in [0.2, 0.25) is 0 Å². The number of fused-ring (bicyclic) bond motifs is 1. The summed E-state index contributed by atoms with van der Waals surface area (Å²) in [6.45, 7) is 8.44. The summed E-state index contributed by atoms with van der Waals surface area (Å²) in [5, 5.41) is 4.51. The number of unbranched alkanes of at least 4 members (excludes halogenated alkanes) is 2. The summed E-state index contributed by atoms with van der Waals surface area (Å²) in [6, 6.07) is 2.03. The van der Waals surface area contributed by atoms with Gasteiger partial charge >= 0.3 is 0 Å². The first-order valence-corrected chi connectivity index (χ1v) is 9.94. The van der Waals surface area contributed by atoms with Gasteiger partial charge < -0.3 is 0 Å². The summed E-state index contributed by atoms with van der Waals surface area (Å²) in [6.07, 6.45) is 4.01. The molecule has 22 heavy (non-hydrogen) atoms. The molecule has 0 aromatic carbocycles. The van der Waals surface area contributed by atoms with Crippen LogP contribution in [0.5, 0.6) is 0 Å². The van der Waals surface area contributed by atoms with Crippen molar-refractivity contribution in [3.8, 4) is 0 Å². The Bertz CT molecular complexity index is 568. The normalized spacial score (nSPS) is 15.9. The van der Waals surface area contributed by atoms with Crippen LogP contribution in [0.1, 0.15) is 50.9 Å². The number of sulfonamides is 1. The number of nitrogens with zero attached hydrogens (tertiary/aromatic N) is 3. The maximum absolute atomic E-state index is 11.8. The van der Waals surface area contributed by atoms with E-state index < -0.39 is 10.0 Å². The molecule has 0 aliphatic carbocycles. The Labute approximate surface area is 133 Å². The van der Waals surface area contributed by atoms with Crippen LogP contribution in [0, 0.1) is 0 Å². The lowest BCUT2D eigenvalue weighted by molar-refractivity contribution is 0.210. The van der Waals surface area contributed by atoms with Gasteiger partial charge in [-0.15, -0.1) is 0 Å². The molecule has 0 amide bonds. The molecule has 1 aromatic heterocycles. The highest BCUT2D eigenvalue weighted by atomic mass is 32.2. The third-order valence-corrected chi connectivity index (χ3v) is 5.41. The summed E-state index contributed by atoms with van der Waals surface area (Å²) >= 11 is 0. The zero-order chi connectivity index (χ0) is 16.0. The Balaban J connectivity index is 1.89. The number of hydrogen-bond donors (Lipinski definition) is 1. The average molecular weight is 328 g/mol. The van der Waals surface area contributed by atoms with Crippen molar-refractivity contribution in [2.45, 2.75) is 59.2 Å². The average Bonchev–Trinajstić information content (AvgIpc) is 2.91. The Morgan fingerprint density at radius 1 is 1.23 bits per heavy atom. The molecule has 1 aromatic rings. The van der Waals surface area contributed by atoms with E-state index in [0.717, 1.165) is 38.3 Å². The molecule has 6 nitrogen and oxygen atoms in total. The molecule has 1 aliphatic heterocycles. The van der Waals surface area contributed by atoms with E-state index in [1.54, 1.807) is 0 Å². The third kappa shape index (κ3) is 5.07. The summed E-state index contributed by atoms with van der Waals surface area (Å²) in [4.78, 5) is 2.44. The highest BCUT2D eigenvalue weighted by Gasteiger charge is 2.18. The lowest BCUT2D eigenvalue weighted by Gasteiger charge is -2.27. The Hall–Kier alpha value is -0.920. The molecule has 7 heteroatoms. The fourth-order valence-electron chi connectivity index (χ4n) is 2.63. The maximum Gasteiger partial charge on any atom is 0.211 e. The van der Waals surface area contributed by atoms with Gasteiger partial charge in [0, 0.05) is 13.1 Å². The van der Waals surface area contributed by atoms with Crippen molar-refractivity contribution >= 4 is 10.0 Å². The summed E-state index contributed by atoms with van der Waals surface area (Å²) in [7, 11) is -3.18. The molecule has 0 fully saturated rings. The van der Waals surface area contributed by atoms with Crippen LogP contribution in [0.15, 0.2) is 6.07 Å². The highest BCUT2D eigenvalue weighted by molar-refractivity contribution is 7.89. The molecule has 0 bridgehead atoms. The zero-order valence-corrected chi connectivity index (χ0v) is 14.5. The molecule has 0 saturated heterocycles. The van der Waals surface area contributed by atoms with Crippen LogP contribution in [-0.2, 0) is 29.7 Å². The second-order valence-corrected chi connectivity index (χ2v) is 7.90. The van der Waals surface area contributed by atoms with E-state index in [1.807, 2.05) is 17.7 Å². The second-order valence-electron chi connectivity index (χ2n) is 5.97. The number of nitrogens with one attached hydrogen (secondary N) is 1. The summed E-state index contributed by atoms with van der Waals surface area (Å²) in [5.74, 6) is 0.196. The quantitative estimate of drug-likeness (QED) is 0.749. The first-order valence-electron chi connectivity index (χ1n) is 8.29. The Kier molecular flexibility index (Phi) is 6.40. The van der Waals surface area contributed by atoms with Gasteiger partial charge in [-0.25, -0.2) is 13.1 Å². The van der Waals surface area contributed by atoms with Crippen molar-refractivity contribution in [3.05, 3.63) is 17.5 Å². The van der Waals surface area contributed by atoms with Gasteiger partial charge in [0.25, 0.3) is 0 Å². The van der Waals surface area contributed by atoms with Crippen LogP contribution < -0.4 is 4.72 Å². The monoisotopic (exact) mass is 328 g/mol. The fourth-order valence-corrected chi connectivity index (χ4v) is 3.81.